The third-order valence-corrected chi connectivity index (χ3v) is 4.20. The summed E-state index contributed by atoms with van der Waals surface area (Å²) < 4.78 is 11.3. The fourth-order valence-electron chi connectivity index (χ4n) is 1.92. The predicted octanol–water partition coefficient (Wildman–Crippen LogP) is 4.74. The van der Waals surface area contributed by atoms with E-state index in [0.29, 0.717) is 40.3 Å². The molecule has 1 heterocycles. The van der Waals surface area contributed by atoms with Crippen LogP contribution in [0.1, 0.15) is 37.2 Å². The highest BCUT2D eigenvalue weighted by molar-refractivity contribution is 7.13. The number of thiazole rings is 1. The first-order valence-corrected chi connectivity index (χ1v) is 8.60. The molecule has 0 saturated carbocycles. The number of benzene rings is 1. The van der Waals surface area contributed by atoms with Crippen LogP contribution in [0.4, 0.5) is 0 Å². The lowest BCUT2D eigenvalue weighted by Crippen LogP contribution is -2.02. The maximum Gasteiger partial charge on any atom is 0.355 e. The van der Waals surface area contributed by atoms with Gasteiger partial charge in [-0.3, -0.25) is 0 Å². The number of halogens is 1. The summed E-state index contributed by atoms with van der Waals surface area (Å²) >= 11 is 7.57. The second-order valence-electron chi connectivity index (χ2n) is 4.76. The third kappa shape index (κ3) is 4.36. The zero-order chi connectivity index (χ0) is 16.8. The van der Waals surface area contributed by atoms with Crippen molar-refractivity contribution in [3.63, 3.8) is 0 Å². The molecule has 2 rings (SSSR count). The number of carbonyl (C=O) groups is 1. The SMILES string of the molecule is CCCCOc1c(Cl)cc(-c2nc(C(=O)O)cs2)cc1OCC. The van der Waals surface area contributed by atoms with Crippen molar-refractivity contribution in [1.29, 1.82) is 0 Å². The standard InChI is InChI=1S/C16H18ClNO4S/c1-3-5-6-22-14-11(17)7-10(8-13(14)21-4-2)15-18-12(9-23-15)16(19)20/h7-9H,3-6H2,1-2H3,(H,19,20). The van der Waals surface area contributed by atoms with Crippen LogP contribution < -0.4 is 9.47 Å². The van der Waals surface area contributed by atoms with Crippen molar-refractivity contribution in [3.05, 3.63) is 28.2 Å². The van der Waals surface area contributed by atoms with Gasteiger partial charge in [0.25, 0.3) is 0 Å². The van der Waals surface area contributed by atoms with Gasteiger partial charge in [0, 0.05) is 10.9 Å². The summed E-state index contributed by atoms with van der Waals surface area (Å²) in [6.45, 7) is 5.00. The molecular formula is C16H18ClNO4S. The van der Waals surface area contributed by atoms with Gasteiger partial charge < -0.3 is 14.6 Å². The number of carboxylic acid groups (broad SMARTS) is 1. The van der Waals surface area contributed by atoms with Crippen molar-refractivity contribution in [2.45, 2.75) is 26.7 Å². The van der Waals surface area contributed by atoms with E-state index in [1.54, 1.807) is 12.1 Å². The van der Waals surface area contributed by atoms with Gasteiger partial charge in [-0.05, 0) is 25.5 Å². The van der Waals surface area contributed by atoms with Crippen LogP contribution in [0.5, 0.6) is 11.5 Å². The van der Waals surface area contributed by atoms with Crippen molar-refractivity contribution in [1.82, 2.24) is 4.98 Å². The molecule has 0 aliphatic carbocycles. The molecule has 7 heteroatoms. The van der Waals surface area contributed by atoms with Crippen LogP contribution in [-0.4, -0.2) is 29.3 Å². The average molecular weight is 356 g/mol. The van der Waals surface area contributed by atoms with Crippen LogP contribution in [0.25, 0.3) is 10.6 Å². The fraction of sp³-hybridized carbons (Fsp3) is 0.375. The van der Waals surface area contributed by atoms with E-state index < -0.39 is 5.97 Å². The lowest BCUT2D eigenvalue weighted by molar-refractivity contribution is 0.0691. The first kappa shape index (κ1) is 17.6. The Labute approximate surface area is 143 Å². The van der Waals surface area contributed by atoms with E-state index in [0.717, 1.165) is 12.8 Å². The maximum absolute atomic E-state index is 11.0. The lowest BCUT2D eigenvalue weighted by atomic mass is 10.2. The van der Waals surface area contributed by atoms with Crippen molar-refractivity contribution in [2.24, 2.45) is 0 Å². The first-order chi connectivity index (χ1) is 11.1. The molecule has 0 aliphatic rings. The van der Waals surface area contributed by atoms with Crippen LogP contribution in [-0.2, 0) is 0 Å². The molecule has 23 heavy (non-hydrogen) atoms. The number of hydrogen-bond acceptors (Lipinski definition) is 5. The molecule has 2 aromatic rings. The first-order valence-electron chi connectivity index (χ1n) is 7.35. The molecule has 1 N–H and O–H groups in total. The van der Waals surface area contributed by atoms with E-state index in [2.05, 4.69) is 11.9 Å². The minimum absolute atomic E-state index is 0.0161. The average Bonchev–Trinajstić information content (AvgIpc) is 3.00. The van der Waals surface area contributed by atoms with Gasteiger partial charge in [0.2, 0.25) is 0 Å². The Balaban J connectivity index is 2.35. The van der Waals surface area contributed by atoms with Gasteiger partial charge in [0.15, 0.2) is 17.2 Å². The van der Waals surface area contributed by atoms with Gasteiger partial charge in [0.1, 0.15) is 5.01 Å². The van der Waals surface area contributed by atoms with Crippen LogP contribution in [0.15, 0.2) is 17.5 Å². The maximum atomic E-state index is 11.0. The number of aromatic nitrogens is 1. The summed E-state index contributed by atoms with van der Waals surface area (Å²) in [5.74, 6) is 0.00190. The van der Waals surface area contributed by atoms with E-state index >= 15 is 0 Å². The minimum atomic E-state index is -1.05. The van der Waals surface area contributed by atoms with Gasteiger partial charge >= 0.3 is 5.97 Å². The molecular weight excluding hydrogens is 338 g/mol. The van der Waals surface area contributed by atoms with Gasteiger partial charge in [0.05, 0.1) is 18.2 Å². The molecule has 0 spiro atoms. The van der Waals surface area contributed by atoms with Crippen LogP contribution in [0.2, 0.25) is 5.02 Å². The Morgan fingerprint density at radius 3 is 2.74 bits per heavy atom. The topological polar surface area (TPSA) is 68.7 Å². The van der Waals surface area contributed by atoms with Crippen LogP contribution >= 0.6 is 22.9 Å². The van der Waals surface area contributed by atoms with Crippen molar-refractivity contribution in [2.75, 3.05) is 13.2 Å². The molecule has 0 saturated heterocycles. The lowest BCUT2D eigenvalue weighted by Gasteiger charge is -2.14. The number of nitrogens with zero attached hydrogens (tertiary/aromatic N) is 1. The highest BCUT2D eigenvalue weighted by Crippen LogP contribution is 2.40. The Morgan fingerprint density at radius 1 is 1.35 bits per heavy atom. The number of unbranched alkanes of at least 4 members (excludes halogenated alkanes) is 1. The summed E-state index contributed by atoms with van der Waals surface area (Å²) in [5, 5.41) is 11.5. The summed E-state index contributed by atoms with van der Waals surface area (Å²) in [5.41, 5.74) is 0.723. The Kier molecular flexibility index (Phi) is 6.24. The van der Waals surface area contributed by atoms with Crippen LogP contribution in [0, 0.1) is 0 Å². The van der Waals surface area contributed by atoms with Crippen molar-refractivity contribution >= 4 is 28.9 Å². The van der Waals surface area contributed by atoms with Gasteiger partial charge in [-0.2, -0.15) is 0 Å². The van der Waals surface area contributed by atoms with Gasteiger partial charge in [-0.1, -0.05) is 24.9 Å². The summed E-state index contributed by atoms with van der Waals surface area (Å²) in [6, 6.07) is 3.50. The number of ether oxygens (including phenoxy) is 2. The molecule has 0 fully saturated rings. The third-order valence-electron chi connectivity index (χ3n) is 3.02. The number of aromatic carboxylic acids is 1. The van der Waals surface area contributed by atoms with E-state index in [1.807, 2.05) is 6.92 Å². The van der Waals surface area contributed by atoms with E-state index in [-0.39, 0.29) is 5.69 Å². The smallest absolute Gasteiger partial charge is 0.355 e. The summed E-state index contributed by atoms with van der Waals surface area (Å²) in [4.78, 5) is 15.0. The van der Waals surface area contributed by atoms with E-state index in [9.17, 15) is 4.79 Å². The zero-order valence-electron chi connectivity index (χ0n) is 13.0. The van der Waals surface area contributed by atoms with Crippen molar-refractivity contribution in [3.8, 4) is 22.1 Å². The molecule has 0 radical (unpaired) electrons. The molecule has 1 aromatic heterocycles. The van der Waals surface area contributed by atoms with Gasteiger partial charge in [-0.25, -0.2) is 9.78 Å². The highest BCUT2D eigenvalue weighted by Gasteiger charge is 2.16. The molecule has 124 valence electrons. The second-order valence-corrected chi connectivity index (χ2v) is 6.03. The Hall–Kier alpha value is -1.79. The minimum Gasteiger partial charge on any atom is -0.490 e. The highest BCUT2D eigenvalue weighted by atomic mass is 35.5. The predicted molar refractivity (Wildman–Crippen MR) is 91.1 cm³/mol. The van der Waals surface area contributed by atoms with E-state index in [1.165, 1.54) is 16.7 Å². The summed E-state index contributed by atoms with van der Waals surface area (Å²) in [7, 11) is 0. The Morgan fingerprint density at radius 2 is 2.13 bits per heavy atom. The fourth-order valence-corrected chi connectivity index (χ4v) is 2.96. The molecule has 0 amide bonds. The Bertz CT molecular complexity index is 687. The number of hydrogen-bond donors (Lipinski definition) is 1. The zero-order valence-corrected chi connectivity index (χ0v) is 14.5. The van der Waals surface area contributed by atoms with Crippen molar-refractivity contribution < 1.29 is 19.4 Å². The quantitative estimate of drug-likeness (QED) is 0.692. The molecule has 0 bridgehead atoms. The number of carboxylic acids is 1. The molecule has 0 atom stereocenters. The monoisotopic (exact) mass is 355 g/mol. The van der Waals surface area contributed by atoms with Crippen LogP contribution in [0.3, 0.4) is 0 Å². The molecule has 5 nitrogen and oxygen atoms in total. The molecule has 1 aromatic carbocycles. The summed E-state index contributed by atoms with van der Waals surface area (Å²) in [6.07, 6.45) is 1.95. The normalized spacial score (nSPS) is 10.6. The van der Waals surface area contributed by atoms with Gasteiger partial charge in [-0.15, -0.1) is 11.3 Å². The largest absolute Gasteiger partial charge is 0.490 e. The molecule has 0 aliphatic heterocycles. The van der Waals surface area contributed by atoms with E-state index in [4.69, 9.17) is 26.2 Å². The number of rotatable bonds is 8. The molecule has 0 unspecified atom stereocenters. The second kappa shape index (κ2) is 8.17.